The molecule has 0 spiro atoms. The van der Waals surface area contributed by atoms with Crippen LogP contribution in [0.4, 0.5) is 0 Å². The predicted molar refractivity (Wildman–Crippen MR) is 59.6 cm³/mol. The molecular formula is C12H22O3. The molecule has 0 aromatic heterocycles. The molecule has 0 aromatic carbocycles. The van der Waals surface area contributed by atoms with Gasteiger partial charge in [0.05, 0.1) is 24.9 Å². The summed E-state index contributed by atoms with van der Waals surface area (Å²) in [4.78, 5) is 0. The number of hydrogen-bond donors (Lipinski definition) is 2. The zero-order valence-electron chi connectivity index (χ0n) is 9.81. The maximum atomic E-state index is 10.1. The van der Waals surface area contributed by atoms with Crippen LogP contribution in [-0.4, -0.2) is 35.1 Å². The van der Waals surface area contributed by atoms with Gasteiger partial charge in [-0.25, -0.2) is 0 Å². The fourth-order valence-corrected chi connectivity index (χ4v) is 2.15. The first-order valence-corrected chi connectivity index (χ1v) is 5.67. The number of aliphatic hydroxyl groups excluding tert-OH is 2. The number of allylic oxidation sites excluding steroid dienone is 1. The molecule has 0 aliphatic carbocycles. The van der Waals surface area contributed by atoms with Crippen molar-refractivity contribution in [1.82, 2.24) is 0 Å². The lowest BCUT2D eigenvalue weighted by Crippen LogP contribution is -2.41. The zero-order chi connectivity index (χ0) is 11.5. The molecule has 0 radical (unpaired) electrons. The lowest BCUT2D eigenvalue weighted by Gasteiger charge is -2.28. The molecule has 0 bridgehead atoms. The van der Waals surface area contributed by atoms with Crippen molar-refractivity contribution in [1.29, 1.82) is 0 Å². The molecule has 1 rings (SSSR count). The first kappa shape index (κ1) is 12.7. The van der Waals surface area contributed by atoms with E-state index in [0.29, 0.717) is 0 Å². The smallest absolute Gasteiger partial charge is 0.0905 e. The van der Waals surface area contributed by atoms with Crippen molar-refractivity contribution in [2.45, 2.75) is 51.9 Å². The van der Waals surface area contributed by atoms with E-state index in [9.17, 15) is 10.2 Å². The van der Waals surface area contributed by atoms with Gasteiger partial charge in [0.1, 0.15) is 0 Å². The van der Waals surface area contributed by atoms with Gasteiger partial charge in [-0.1, -0.05) is 32.4 Å². The van der Waals surface area contributed by atoms with Crippen LogP contribution in [-0.2, 0) is 4.74 Å². The SMILES string of the molecule is CC=CC1OC(CCC)C(O)C1(C)CO. The molecule has 2 N–H and O–H groups in total. The molecule has 0 amide bonds. The first-order chi connectivity index (χ1) is 7.10. The Labute approximate surface area is 91.8 Å². The average molecular weight is 214 g/mol. The third-order valence-corrected chi connectivity index (χ3v) is 3.28. The van der Waals surface area contributed by atoms with Crippen LogP contribution in [0.25, 0.3) is 0 Å². The molecule has 15 heavy (non-hydrogen) atoms. The second-order valence-corrected chi connectivity index (χ2v) is 4.52. The molecule has 4 atom stereocenters. The summed E-state index contributed by atoms with van der Waals surface area (Å²) < 4.78 is 5.76. The fourth-order valence-electron chi connectivity index (χ4n) is 2.15. The van der Waals surface area contributed by atoms with Gasteiger partial charge in [-0.3, -0.25) is 0 Å². The topological polar surface area (TPSA) is 49.7 Å². The van der Waals surface area contributed by atoms with E-state index in [0.717, 1.165) is 12.8 Å². The van der Waals surface area contributed by atoms with Crippen LogP contribution >= 0.6 is 0 Å². The summed E-state index contributed by atoms with van der Waals surface area (Å²) in [7, 11) is 0. The van der Waals surface area contributed by atoms with E-state index in [1.54, 1.807) is 0 Å². The minimum atomic E-state index is -0.580. The predicted octanol–water partition coefficient (Wildman–Crippen LogP) is 1.49. The summed E-state index contributed by atoms with van der Waals surface area (Å²) in [6, 6.07) is 0. The molecule has 1 aliphatic rings. The Morgan fingerprint density at radius 2 is 2.13 bits per heavy atom. The molecule has 1 saturated heterocycles. The summed E-state index contributed by atoms with van der Waals surface area (Å²) in [5.41, 5.74) is -0.563. The van der Waals surface area contributed by atoms with Crippen LogP contribution in [0.1, 0.15) is 33.6 Å². The average Bonchev–Trinajstić information content (AvgIpc) is 2.46. The van der Waals surface area contributed by atoms with Gasteiger partial charge in [0, 0.05) is 5.41 Å². The molecule has 3 nitrogen and oxygen atoms in total. The van der Waals surface area contributed by atoms with Gasteiger partial charge in [-0.2, -0.15) is 0 Å². The van der Waals surface area contributed by atoms with Crippen LogP contribution in [0.5, 0.6) is 0 Å². The summed E-state index contributed by atoms with van der Waals surface area (Å²) in [6.07, 6.45) is 4.72. The van der Waals surface area contributed by atoms with Gasteiger partial charge in [0.2, 0.25) is 0 Å². The molecule has 1 aliphatic heterocycles. The van der Waals surface area contributed by atoms with E-state index >= 15 is 0 Å². The minimum absolute atomic E-state index is 0.0522. The van der Waals surface area contributed by atoms with Crippen molar-refractivity contribution in [3.63, 3.8) is 0 Å². The Balaban J connectivity index is 2.82. The highest BCUT2D eigenvalue weighted by atomic mass is 16.5. The summed E-state index contributed by atoms with van der Waals surface area (Å²) in [5.74, 6) is 0. The first-order valence-electron chi connectivity index (χ1n) is 5.67. The molecule has 1 heterocycles. The van der Waals surface area contributed by atoms with Gasteiger partial charge < -0.3 is 14.9 Å². The molecule has 4 unspecified atom stereocenters. The summed E-state index contributed by atoms with van der Waals surface area (Å²) in [6.45, 7) is 5.80. The summed E-state index contributed by atoms with van der Waals surface area (Å²) in [5, 5.41) is 19.5. The number of aliphatic hydroxyl groups is 2. The fraction of sp³-hybridized carbons (Fsp3) is 0.833. The number of rotatable bonds is 4. The van der Waals surface area contributed by atoms with E-state index in [1.165, 1.54) is 0 Å². The van der Waals surface area contributed by atoms with Crippen molar-refractivity contribution in [3.05, 3.63) is 12.2 Å². The summed E-state index contributed by atoms with van der Waals surface area (Å²) >= 11 is 0. The van der Waals surface area contributed by atoms with E-state index in [2.05, 4.69) is 6.92 Å². The maximum absolute atomic E-state index is 10.1. The van der Waals surface area contributed by atoms with E-state index in [1.807, 2.05) is 26.0 Å². The monoisotopic (exact) mass is 214 g/mol. The van der Waals surface area contributed by atoms with Crippen LogP contribution in [0.2, 0.25) is 0 Å². The molecule has 0 aromatic rings. The molecule has 0 saturated carbocycles. The third kappa shape index (κ3) is 2.25. The maximum Gasteiger partial charge on any atom is 0.0905 e. The van der Waals surface area contributed by atoms with Crippen molar-refractivity contribution in [2.24, 2.45) is 5.41 Å². The molecule has 1 fully saturated rings. The largest absolute Gasteiger partial charge is 0.396 e. The van der Waals surface area contributed by atoms with Gasteiger partial charge in [0.25, 0.3) is 0 Å². The van der Waals surface area contributed by atoms with Gasteiger partial charge in [-0.05, 0) is 13.3 Å². The van der Waals surface area contributed by atoms with Gasteiger partial charge in [-0.15, -0.1) is 0 Å². The highest BCUT2D eigenvalue weighted by molar-refractivity contribution is 5.07. The Bertz CT molecular complexity index is 227. The number of ether oxygens (including phenoxy) is 1. The van der Waals surface area contributed by atoms with Crippen molar-refractivity contribution >= 4 is 0 Å². The number of hydrogen-bond acceptors (Lipinski definition) is 3. The Hall–Kier alpha value is -0.380. The van der Waals surface area contributed by atoms with Gasteiger partial charge in [0.15, 0.2) is 0 Å². The standard InChI is InChI=1S/C12H22O3/c1-4-6-9-11(14)12(3,8-13)10(15-9)7-5-2/h5,7,9-11,13-14H,4,6,8H2,1-3H3. The van der Waals surface area contributed by atoms with Crippen LogP contribution < -0.4 is 0 Å². The Morgan fingerprint density at radius 1 is 1.47 bits per heavy atom. The van der Waals surface area contributed by atoms with Crippen LogP contribution in [0, 0.1) is 5.41 Å². The highest BCUT2D eigenvalue weighted by Gasteiger charge is 2.50. The highest BCUT2D eigenvalue weighted by Crippen LogP contribution is 2.40. The van der Waals surface area contributed by atoms with Crippen LogP contribution in [0.3, 0.4) is 0 Å². The molecule has 88 valence electrons. The van der Waals surface area contributed by atoms with E-state index in [-0.39, 0.29) is 18.8 Å². The quantitative estimate of drug-likeness (QED) is 0.697. The zero-order valence-corrected chi connectivity index (χ0v) is 9.81. The normalized spacial score (nSPS) is 41.5. The second kappa shape index (κ2) is 5.10. The van der Waals surface area contributed by atoms with Crippen molar-refractivity contribution in [2.75, 3.05) is 6.61 Å². The van der Waals surface area contributed by atoms with E-state index < -0.39 is 11.5 Å². The Kier molecular flexibility index (Phi) is 4.32. The van der Waals surface area contributed by atoms with Crippen molar-refractivity contribution in [3.8, 4) is 0 Å². The lowest BCUT2D eigenvalue weighted by atomic mass is 9.79. The lowest BCUT2D eigenvalue weighted by molar-refractivity contribution is 0.00736. The minimum Gasteiger partial charge on any atom is -0.396 e. The third-order valence-electron chi connectivity index (χ3n) is 3.28. The molecular weight excluding hydrogens is 192 g/mol. The van der Waals surface area contributed by atoms with E-state index in [4.69, 9.17) is 4.74 Å². The van der Waals surface area contributed by atoms with Gasteiger partial charge >= 0.3 is 0 Å². The molecule has 3 heteroatoms. The van der Waals surface area contributed by atoms with Crippen LogP contribution in [0.15, 0.2) is 12.2 Å². The Morgan fingerprint density at radius 3 is 2.60 bits per heavy atom. The van der Waals surface area contributed by atoms with Crippen molar-refractivity contribution < 1.29 is 14.9 Å². The second-order valence-electron chi connectivity index (χ2n) is 4.52.